The van der Waals surface area contributed by atoms with E-state index in [0.717, 1.165) is 12.7 Å². The van der Waals surface area contributed by atoms with Gasteiger partial charge in [0.1, 0.15) is 18.5 Å². The third-order valence-corrected chi connectivity index (χ3v) is 3.44. The number of aliphatic hydroxyl groups is 1. The van der Waals surface area contributed by atoms with Crippen molar-refractivity contribution in [2.75, 3.05) is 6.61 Å². The first-order valence-electron chi connectivity index (χ1n) is 6.05. The summed E-state index contributed by atoms with van der Waals surface area (Å²) in [7, 11) is 0. The van der Waals surface area contributed by atoms with Crippen LogP contribution >= 0.6 is 0 Å². The lowest BCUT2D eigenvalue weighted by Gasteiger charge is -2.25. The molecule has 1 fully saturated rings. The molecule has 0 aromatic heterocycles. The van der Waals surface area contributed by atoms with E-state index in [2.05, 4.69) is 0 Å². The lowest BCUT2D eigenvalue weighted by atomic mass is 9.93. The molecule has 4 nitrogen and oxygen atoms in total. The molecule has 96 valence electrons. The molecule has 0 aliphatic heterocycles. The van der Waals surface area contributed by atoms with Crippen LogP contribution in [0.25, 0.3) is 0 Å². The van der Waals surface area contributed by atoms with Crippen molar-refractivity contribution in [1.29, 1.82) is 0 Å². The summed E-state index contributed by atoms with van der Waals surface area (Å²) in [6.45, 7) is -0.121. The number of hydrogen-bond donors (Lipinski definition) is 1. The van der Waals surface area contributed by atoms with Gasteiger partial charge in [-0.15, -0.1) is 0 Å². The highest BCUT2D eigenvalue weighted by atomic mass is 16.5. The number of aldehydes is 1. The second-order valence-electron chi connectivity index (χ2n) is 4.68. The summed E-state index contributed by atoms with van der Waals surface area (Å²) < 4.78 is 5.10. The molecular weight excluding hydrogens is 232 g/mol. The van der Waals surface area contributed by atoms with E-state index in [4.69, 9.17) is 4.74 Å². The molecule has 0 amide bonds. The van der Waals surface area contributed by atoms with E-state index >= 15 is 0 Å². The van der Waals surface area contributed by atoms with Crippen LogP contribution in [0.15, 0.2) is 30.3 Å². The van der Waals surface area contributed by atoms with Crippen LogP contribution in [-0.2, 0) is 9.53 Å². The Bertz CT molecular complexity index is 429. The Kier molecular flexibility index (Phi) is 3.77. The van der Waals surface area contributed by atoms with Crippen molar-refractivity contribution in [3.8, 4) is 0 Å². The standard InChI is InChI=1S/C14H16O4/c15-9-12-7-4-8-14(12,17)10-18-13(16)11-5-2-1-3-6-11/h1-3,5-6,9,12,17H,4,7-8,10H2/t12-,14+/m1/s1. The van der Waals surface area contributed by atoms with E-state index < -0.39 is 17.5 Å². The van der Waals surface area contributed by atoms with Gasteiger partial charge in [-0.3, -0.25) is 0 Å². The molecule has 18 heavy (non-hydrogen) atoms. The number of carbonyl (C=O) groups excluding carboxylic acids is 2. The Morgan fingerprint density at radius 3 is 2.83 bits per heavy atom. The highest BCUT2D eigenvalue weighted by molar-refractivity contribution is 5.89. The molecule has 2 atom stereocenters. The van der Waals surface area contributed by atoms with E-state index in [-0.39, 0.29) is 6.61 Å². The molecule has 1 aliphatic carbocycles. The number of carbonyl (C=O) groups is 2. The number of esters is 1. The Balaban J connectivity index is 1.96. The lowest BCUT2D eigenvalue weighted by molar-refractivity contribution is -0.121. The predicted molar refractivity (Wildman–Crippen MR) is 65.1 cm³/mol. The summed E-state index contributed by atoms with van der Waals surface area (Å²) in [6, 6.07) is 8.60. The fourth-order valence-electron chi connectivity index (χ4n) is 2.30. The Hall–Kier alpha value is -1.68. The summed E-state index contributed by atoms with van der Waals surface area (Å²) in [4.78, 5) is 22.6. The maximum absolute atomic E-state index is 11.7. The quantitative estimate of drug-likeness (QED) is 0.649. The second kappa shape index (κ2) is 5.31. The third-order valence-electron chi connectivity index (χ3n) is 3.44. The van der Waals surface area contributed by atoms with E-state index in [1.54, 1.807) is 24.3 Å². The zero-order valence-electron chi connectivity index (χ0n) is 10.0. The van der Waals surface area contributed by atoms with Crippen molar-refractivity contribution >= 4 is 12.3 Å². The van der Waals surface area contributed by atoms with Gasteiger partial charge in [-0.1, -0.05) is 18.2 Å². The molecule has 0 radical (unpaired) electrons. The molecule has 4 heteroatoms. The van der Waals surface area contributed by atoms with Crippen LogP contribution in [0.3, 0.4) is 0 Å². The summed E-state index contributed by atoms with van der Waals surface area (Å²) in [5.41, 5.74) is -0.742. The molecule has 1 saturated carbocycles. The maximum atomic E-state index is 11.7. The van der Waals surface area contributed by atoms with Gasteiger partial charge < -0.3 is 14.6 Å². The van der Waals surface area contributed by atoms with Crippen molar-refractivity contribution in [2.24, 2.45) is 5.92 Å². The Labute approximate surface area is 106 Å². The van der Waals surface area contributed by atoms with Gasteiger partial charge in [-0.05, 0) is 31.4 Å². The van der Waals surface area contributed by atoms with Gasteiger partial charge in [0.05, 0.1) is 5.56 Å². The van der Waals surface area contributed by atoms with Crippen LogP contribution in [0.4, 0.5) is 0 Å². The van der Waals surface area contributed by atoms with Gasteiger partial charge in [0.2, 0.25) is 0 Å². The normalized spacial score (nSPS) is 26.8. The number of hydrogen-bond acceptors (Lipinski definition) is 4. The molecule has 1 aliphatic rings. The summed E-state index contributed by atoms with van der Waals surface area (Å²) in [5, 5.41) is 10.2. The molecule has 0 heterocycles. The number of ether oxygens (including phenoxy) is 1. The highest BCUT2D eigenvalue weighted by Gasteiger charge is 2.42. The highest BCUT2D eigenvalue weighted by Crippen LogP contribution is 2.34. The average molecular weight is 248 g/mol. The molecule has 1 aromatic carbocycles. The molecule has 0 spiro atoms. The summed E-state index contributed by atoms with van der Waals surface area (Å²) in [5.74, 6) is -0.901. The topological polar surface area (TPSA) is 63.6 Å². The molecule has 1 aromatic rings. The maximum Gasteiger partial charge on any atom is 0.338 e. The molecular formula is C14H16O4. The molecule has 0 bridgehead atoms. The van der Waals surface area contributed by atoms with Crippen LogP contribution in [0.5, 0.6) is 0 Å². The van der Waals surface area contributed by atoms with Gasteiger partial charge in [0, 0.05) is 5.92 Å². The van der Waals surface area contributed by atoms with E-state index in [1.165, 1.54) is 0 Å². The first kappa shape index (κ1) is 12.8. The molecule has 0 saturated heterocycles. The van der Waals surface area contributed by atoms with Crippen molar-refractivity contribution in [3.63, 3.8) is 0 Å². The molecule has 2 rings (SSSR count). The fraction of sp³-hybridized carbons (Fsp3) is 0.429. The monoisotopic (exact) mass is 248 g/mol. The average Bonchev–Trinajstić information content (AvgIpc) is 2.78. The van der Waals surface area contributed by atoms with Crippen LogP contribution in [-0.4, -0.2) is 29.6 Å². The van der Waals surface area contributed by atoms with Gasteiger partial charge in [0.25, 0.3) is 0 Å². The molecule has 1 N–H and O–H groups in total. The predicted octanol–water partition coefficient (Wildman–Crippen LogP) is 1.57. The van der Waals surface area contributed by atoms with Crippen molar-refractivity contribution < 1.29 is 19.4 Å². The number of benzene rings is 1. The zero-order valence-corrected chi connectivity index (χ0v) is 10.0. The van der Waals surface area contributed by atoms with Crippen molar-refractivity contribution in [3.05, 3.63) is 35.9 Å². The lowest BCUT2D eigenvalue weighted by Crippen LogP contribution is -2.40. The summed E-state index contributed by atoms with van der Waals surface area (Å²) in [6.07, 6.45) is 2.69. The second-order valence-corrected chi connectivity index (χ2v) is 4.68. The smallest absolute Gasteiger partial charge is 0.338 e. The number of rotatable bonds is 4. The summed E-state index contributed by atoms with van der Waals surface area (Å²) >= 11 is 0. The Morgan fingerprint density at radius 2 is 2.17 bits per heavy atom. The minimum absolute atomic E-state index is 0.121. The van der Waals surface area contributed by atoms with Crippen LogP contribution < -0.4 is 0 Å². The Morgan fingerprint density at radius 1 is 1.44 bits per heavy atom. The van der Waals surface area contributed by atoms with Gasteiger partial charge >= 0.3 is 5.97 Å². The zero-order chi connectivity index (χ0) is 13.0. The van der Waals surface area contributed by atoms with Gasteiger partial charge in [-0.25, -0.2) is 4.79 Å². The fourth-order valence-corrected chi connectivity index (χ4v) is 2.30. The largest absolute Gasteiger partial charge is 0.459 e. The van der Waals surface area contributed by atoms with E-state index in [0.29, 0.717) is 18.4 Å². The first-order valence-corrected chi connectivity index (χ1v) is 6.05. The van der Waals surface area contributed by atoms with E-state index in [9.17, 15) is 14.7 Å². The van der Waals surface area contributed by atoms with Crippen LogP contribution in [0.1, 0.15) is 29.6 Å². The SMILES string of the molecule is O=C[C@H]1CCC[C@]1(O)COC(=O)c1ccccc1. The van der Waals surface area contributed by atoms with Crippen molar-refractivity contribution in [2.45, 2.75) is 24.9 Å². The van der Waals surface area contributed by atoms with Crippen LogP contribution in [0, 0.1) is 5.92 Å². The first-order chi connectivity index (χ1) is 8.65. The van der Waals surface area contributed by atoms with Crippen molar-refractivity contribution in [1.82, 2.24) is 0 Å². The molecule has 0 unspecified atom stereocenters. The van der Waals surface area contributed by atoms with Gasteiger partial charge in [-0.2, -0.15) is 0 Å². The van der Waals surface area contributed by atoms with E-state index in [1.807, 2.05) is 6.07 Å². The van der Waals surface area contributed by atoms with Gasteiger partial charge in [0.15, 0.2) is 0 Å². The third kappa shape index (κ3) is 2.59. The van der Waals surface area contributed by atoms with Crippen LogP contribution in [0.2, 0.25) is 0 Å². The minimum Gasteiger partial charge on any atom is -0.459 e. The minimum atomic E-state index is -1.19.